The summed E-state index contributed by atoms with van der Waals surface area (Å²) in [6.07, 6.45) is 1.54. The minimum atomic E-state index is -0.537. The molecule has 3 N–H and O–H groups in total. The topological polar surface area (TPSA) is 106 Å². The van der Waals surface area contributed by atoms with Crippen molar-refractivity contribution in [3.05, 3.63) is 118 Å². The molecule has 3 amide bonds. The largest absolute Gasteiger partial charge is 0.497 e. The number of benzene rings is 4. The van der Waals surface area contributed by atoms with Crippen LogP contribution in [0.3, 0.4) is 0 Å². The quantitative estimate of drug-likeness (QED) is 0.118. The summed E-state index contributed by atoms with van der Waals surface area (Å²) >= 11 is 4.74. The highest BCUT2D eigenvalue weighted by Crippen LogP contribution is 2.29. The first-order valence-electron chi connectivity index (χ1n) is 13.2. The summed E-state index contributed by atoms with van der Waals surface area (Å²) < 4.78 is 11.7. The predicted molar refractivity (Wildman–Crippen MR) is 175 cm³/mol. The van der Waals surface area contributed by atoms with Crippen LogP contribution in [0, 0.1) is 0 Å². The molecule has 0 fully saturated rings. The summed E-state index contributed by atoms with van der Waals surface area (Å²) in [4.78, 5) is 40.1. The zero-order chi connectivity index (χ0) is 30.8. The zero-order valence-corrected chi connectivity index (χ0v) is 26.1. The molecular formula is C33H30BrN3O5S. The fourth-order valence-corrected chi connectivity index (χ4v) is 5.11. The molecule has 0 saturated heterocycles. The average molecular weight is 661 g/mol. The van der Waals surface area contributed by atoms with E-state index in [9.17, 15) is 14.4 Å². The predicted octanol–water partition coefficient (Wildman–Crippen LogP) is 7.00. The van der Waals surface area contributed by atoms with Gasteiger partial charge in [-0.3, -0.25) is 14.4 Å². The third-order valence-corrected chi connectivity index (χ3v) is 7.78. The molecule has 8 nitrogen and oxygen atoms in total. The van der Waals surface area contributed by atoms with Crippen LogP contribution in [-0.2, 0) is 9.59 Å². The van der Waals surface area contributed by atoms with E-state index in [1.54, 1.807) is 79.9 Å². The maximum absolute atomic E-state index is 13.5. The van der Waals surface area contributed by atoms with Crippen LogP contribution in [-0.4, -0.2) is 37.2 Å². The number of thioether (sulfide) groups is 1. The van der Waals surface area contributed by atoms with Crippen molar-refractivity contribution in [2.45, 2.75) is 17.1 Å². The second-order valence-electron chi connectivity index (χ2n) is 9.22. The van der Waals surface area contributed by atoms with Gasteiger partial charge in [0.25, 0.3) is 11.8 Å². The van der Waals surface area contributed by atoms with Crippen LogP contribution in [0.4, 0.5) is 11.4 Å². The van der Waals surface area contributed by atoms with Crippen LogP contribution in [0.2, 0.25) is 0 Å². The van der Waals surface area contributed by atoms with E-state index in [1.165, 1.54) is 18.9 Å². The molecule has 0 heterocycles. The van der Waals surface area contributed by atoms with Gasteiger partial charge in [-0.2, -0.15) is 0 Å². The minimum absolute atomic E-state index is 0.0117. The summed E-state index contributed by atoms with van der Waals surface area (Å²) in [6, 6.07) is 28.3. The second kappa shape index (κ2) is 15.1. The number of methoxy groups -OCH3 is 2. The fraction of sp³-hybridized carbons (Fsp3) is 0.121. The molecular weight excluding hydrogens is 630 g/mol. The van der Waals surface area contributed by atoms with Crippen LogP contribution in [0.15, 0.2) is 112 Å². The summed E-state index contributed by atoms with van der Waals surface area (Å²) in [5, 5.41) is 8.09. The number of carbonyl (C=O) groups excluding carboxylic acids is 3. The number of hydrogen-bond donors (Lipinski definition) is 3. The molecule has 0 saturated carbocycles. The van der Waals surface area contributed by atoms with E-state index in [4.69, 9.17) is 9.47 Å². The summed E-state index contributed by atoms with van der Waals surface area (Å²) in [5.41, 5.74) is 2.18. The lowest BCUT2D eigenvalue weighted by Gasteiger charge is -2.15. The van der Waals surface area contributed by atoms with Crippen LogP contribution >= 0.6 is 27.7 Å². The van der Waals surface area contributed by atoms with Crippen molar-refractivity contribution in [2.24, 2.45) is 0 Å². The van der Waals surface area contributed by atoms with Crippen LogP contribution in [0.25, 0.3) is 6.08 Å². The van der Waals surface area contributed by atoms with E-state index in [0.29, 0.717) is 34.0 Å². The molecule has 0 aliphatic carbocycles. The number of carbonyl (C=O) groups is 3. The Hall–Kier alpha value is -4.54. The Labute approximate surface area is 263 Å². The first kappa shape index (κ1) is 31.4. The van der Waals surface area contributed by atoms with Gasteiger partial charge in [0.1, 0.15) is 17.2 Å². The Morgan fingerprint density at radius 1 is 0.814 bits per heavy atom. The first-order valence-corrected chi connectivity index (χ1v) is 14.9. The zero-order valence-electron chi connectivity index (χ0n) is 23.7. The Kier molecular flexibility index (Phi) is 11.0. The molecule has 1 atom stereocenters. The number of anilines is 2. The Balaban J connectivity index is 1.53. The number of halogens is 1. The highest BCUT2D eigenvalue weighted by Gasteiger charge is 2.18. The van der Waals surface area contributed by atoms with Crippen molar-refractivity contribution in [1.82, 2.24) is 5.32 Å². The van der Waals surface area contributed by atoms with Gasteiger partial charge >= 0.3 is 0 Å². The Morgan fingerprint density at radius 2 is 1.56 bits per heavy atom. The van der Waals surface area contributed by atoms with Crippen molar-refractivity contribution in [3.63, 3.8) is 0 Å². The van der Waals surface area contributed by atoms with E-state index in [-0.39, 0.29) is 11.6 Å². The molecule has 1 unspecified atom stereocenters. The highest BCUT2D eigenvalue weighted by molar-refractivity contribution is 9.10. The van der Waals surface area contributed by atoms with Gasteiger partial charge in [-0.25, -0.2) is 0 Å². The fourth-order valence-electron chi connectivity index (χ4n) is 3.92. The molecule has 0 aliphatic heterocycles. The molecule has 10 heteroatoms. The third kappa shape index (κ3) is 8.97. The summed E-state index contributed by atoms with van der Waals surface area (Å²) in [7, 11) is 3.06. The lowest BCUT2D eigenvalue weighted by molar-refractivity contribution is -0.115. The second-order valence-corrected chi connectivity index (χ2v) is 11.6. The molecule has 0 aliphatic rings. The Morgan fingerprint density at radius 3 is 2.26 bits per heavy atom. The van der Waals surface area contributed by atoms with Gasteiger partial charge in [-0.05, 0) is 79.7 Å². The maximum atomic E-state index is 13.5. The molecule has 0 spiro atoms. The van der Waals surface area contributed by atoms with Crippen molar-refractivity contribution in [2.75, 3.05) is 24.9 Å². The first-order chi connectivity index (χ1) is 20.7. The normalized spacial score (nSPS) is 11.7. The van der Waals surface area contributed by atoms with Crippen LogP contribution < -0.4 is 25.4 Å². The van der Waals surface area contributed by atoms with Gasteiger partial charge in [-0.15, -0.1) is 11.8 Å². The van der Waals surface area contributed by atoms with Gasteiger partial charge in [0.05, 0.1) is 19.5 Å². The summed E-state index contributed by atoms with van der Waals surface area (Å²) in [6.45, 7) is 1.81. The smallest absolute Gasteiger partial charge is 0.272 e. The van der Waals surface area contributed by atoms with E-state index in [0.717, 1.165) is 9.37 Å². The monoisotopic (exact) mass is 659 g/mol. The lowest BCUT2D eigenvalue weighted by atomic mass is 10.1. The van der Waals surface area contributed by atoms with Gasteiger partial charge in [0, 0.05) is 37.9 Å². The van der Waals surface area contributed by atoms with E-state index in [2.05, 4.69) is 31.9 Å². The van der Waals surface area contributed by atoms with Crippen molar-refractivity contribution in [1.29, 1.82) is 0 Å². The van der Waals surface area contributed by atoms with Gasteiger partial charge in [0.15, 0.2) is 0 Å². The third-order valence-electron chi connectivity index (χ3n) is 6.16. The summed E-state index contributed by atoms with van der Waals surface area (Å²) in [5.74, 6) is -0.0754. The maximum Gasteiger partial charge on any atom is 0.272 e. The van der Waals surface area contributed by atoms with Gasteiger partial charge in [0.2, 0.25) is 5.91 Å². The average Bonchev–Trinajstić information content (AvgIpc) is 3.02. The molecule has 43 heavy (non-hydrogen) atoms. The molecule has 4 aromatic carbocycles. The number of hydrogen-bond acceptors (Lipinski definition) is 6. The molecule has 0 radical (unpaired) electrons. The van der Waals surface area contributed by atoms with Crippen molar-refractivity contribution >= 4 is 62.9 Å². The standard InChI is InChI=1S/C33H30BrN3O5S/c1-21(31(38)35-25-15-13-24(34)14-16-25)43-28-11-7-10-26(19-28)36-33(40)29(37-32(39)22-8-5-4-6-9-22)18-23-12-17-27(41-2)20-30(23)42-3/h4-21H,1-3H3,(H,35,38)(H,36,40)(H,37,39)/b29-18+. The van der Waals surface area contributed by atoms with Crippen molar-refractivity contribution in [3.8, 4) is 11.5 Å². The lowest BCUT2D eigenvalue weighted by Crippen LogP contribution is -2.30. The molecule has 4 aromatic rings. The minimum Gasteiger partial charge on any atom is -0.497 e. The van der Waals surface area contributed by atoms with E-state index in [1.807, 2.05) is 37.3 Å². The molecule has 220 valence electrons. The van der Waals surface area contributed by atoms with E-state index < -0.39 is 17.1 Å². The number of rotatable bonds is 11. The Bertz CT molecular complexity index is 1630. The molecule has 4 rings (SSSR count). The molecule has 0 aromatic heterocycles. The van der Waals surface area contributed by atoms with Crippen molar-refractivity contribution < 1.29 is 23.9 Å². The number of nitrogens with one attached hydrogen (secondary N) is 3. The van der Waals surface area contributed by atoms with Gasteiger partial charge in [-0.1, -0.05) is 40.2 Å². The molecule has 0 bridgehead atoms. The SMILES string of the molecule is COc1ccc(/C=C(/NC(=O)c2ccccc2)C(=O)Nc2cccc(SC(C)C(=O)Nc3ccc(Br)cc3)c2)c(OC)c1. The number of amides is 3. The number of ether oxygens (including phenoxy) is 2. The van der Waals surface area contributed by atoms with Crippen LogP contribution in [0.1, 0.15) is 22.8 Å². The van der Waals surface area contributed by atoms with Crippen LogP contribution in [0.5, 0.6) is 11.5 Å². The highest BCUT2D eigenvalue weighted by atomic mass is 79.9. The van der Waals surface area contributed by atoms with E-state index >= 15 is 0 Å². The van der Waals surface area contributed by atoms with Gasteiger partial charge < -0.3 is 25.4 Å².